The van der Waals surface area contributed by atoms with Crippen LogP contribution in [0, 0.1) is 12.8 Å². The number of hydrogen-bond acceptors (Lipinski definition) is 3. The van der Waals surface area contributed by atoms with Gasteiger partial charge in [0.2, 0.25) is 0 Å². The fourth-order valence-corrected chi connectivity index (χ4v) is 3.59. The number of halogens is 1. The number of carbonyl (C=O) groups is 1. The van der Waals surface area contributed by atoms with Gasteiger partial charge in [0.15, 0.2) is 0 Å². The first-order valence-corrected chi connectivity index (χ1v) is 9.04. The van der Waals surface area contributed by atoms with Crippen LogP contribution in [0.1, 0.15) is 35.7 Å². The van der Waals surface area contributed by atoms with E-state index in [1.165, 1.54) is 12.8 Å². The van der Waals surface area contributed by atoms with Crippen molar-refractivity contribution in [2.45, 2.75) is 26.7 Å². The fraction of sp³-hybridized carbons (Fsp3) is 0.350. The Morgan fingerprint density at radius 1 is 1.32 bits per heavy atom. The molecule has 1 unspecified atom stereocenters. The molecule has 25 heavy (non-hydrogen) atoms. The van der Waals surface area contributed by atoms with Gasteiger partial charge in [0.05, 0.1) is 11.4 Å². The fourth-order valence-electron chi connectivity index (χ4n) is 3.40. The summed E-state index contributed by atoms with van der Waals surface area (Å²) in [7, 11) is 0. The van der Waals surface area contributed by atoms with Gasteiger partial charge >= 0.3 is 0 Å². The number of amides is 1. The van der Waals surface area contributed by atoms with Crippen LogP contribution in [0.15, 0.2) is 36.4 Å². The minimum absolute atomic E-state index is 0.212. The van der Waals surface area contributed by atoms with Crippen molar-refractivity contribution in [2.24, 2.45) is 5.92 Å². The summed E-state index contributed by atoms with van der Waals surface area (Å²) < 4.78 is 0. The Kier molecular flexibility index (Phi) is 5.19. The van der Waals surface area contributed by atoms with E-state index >= 15 is 0 Å². The first-order chi connectivity index (χ1) is 11.9. The summed E-state index contributed by atoms with van der Waals surface area (Å²) in [5, 5.41) is 3.46. The molecule has 1 saturated heterocycles. The Balaban J connectivity index is 1.86. The van der Waals surface area contributed by atoms with Crippen LogP contribution in [0.2, 0.25) is 5.02 Å². The molecular formula is C20H24ClN3O. The summed E-state index contributed by atoms with van der Waals surface area (Å²) in [6, 6.07) is 10.8. The number of nitrogen functional groups attached to an aromatic ring is 1. The molecule has 4 nitrogen and oxygen atoms in total. The van der Waals surface area contributed by atoms with Crippen molar-refractivity contribution in [3.63, 3.8) is 0 Å². The number of rotatable bonds is 3. The average molecular weight is 358 g/mol. The second-order valence-electron chi connectivity index (χ2n) is 6.88. The van der Waals surface area contributed by atoms with E-state index in [9.17, 15) is 4.79 Å². The molecule has 2 aromatic rings. The maximum Gasteiger partial charge on any atom is 0.255 e. The van der Waals surface area contributed by atoms with Gasteiger partial charge in [-0.25, -0.2) is 0 Å². The number of nitrogens with one attached hydrogen (secondary N) is 1. The number of piperidine rings is 1. The Bertz CT molecular complexity index is 791. The van der Waals surface area contributed by atoms with E-state index in [1.54, 1.807) is 24.3 Å². The molecule has 132 valence electrons. The van der Waals surface area contributed by atoms with Crippen molar-refractivity contribution in [3.05, 3.63) is 52.5 Å². The van der Waals surface area contributed by atoms with Gasteiger partial charge in [-0.15, -0.1) is 0 Å². The molecule has 0 aromatic heterocycles. The molecule has 2 aromatic carbocycles. The van der Waals surface area contributed by atoms with Gasteiger partial charge < -0.3 is 16.0 Å². The molecule has 0 saturated carbocycles. The highest BCUT2D eigenvalue weighted by molar-refractivity contribution is 6.31. The Labute approximate surface area is 154 Å². The van der Waals surface area contributed by atoms with Crippen LogP contribution in [0.3, 0.4) is 0 Å². The molecular weight excluding hydrogens is 334 g/mol. The van der Waals surface area contributed by atoms with Crippen molar-refractivity contribution < 1.29 is 4.79 Å². The third-order valence-corrected chi connectivity index (χ3v) is 4.94. The minimum Gasteiger partial charge on any atom is -0.397 e. The zero-order valence-corrected chi connectivity index (χ0v) is 15.4. The van der Waals surface area contributed by atoms with E-state index in [0.717, 1.165) is 24.3 Å². The number of hydrogen-bond donors (Lipinski definition) is 2. The highest BCUT2D eigenvalue weighted by atomic mass is 35.5. The number of anilines is 3. The Hall–Kier alpha value is -2.20. The van der Waals surface area contributed by atoms with Crippen molar-refractivity contribution in [2.75, 3.05) is 29.0 Å². The van der Waals surface area contributed by atoms with Gasteiger partial charge in [-0.2, -0.15) is 0 Å². The normalized spacial score (nSPS) is 17.4. The summed E-state index contributed by atoms with van der Waals surface area (Å²) in [5.74, 6) is 0.464. The molecule has 0 spiro atoms. The van der Waals surface area contributed by atoms with E-state index < -0.39 is 0 Å². The molecule has 0 aliphatic carbocycles. The van der Waals surface area contributed by atoms with Gasteiger partial charge in [0.1, 0.15) is 0 Å². The molecule has 1 aliphatic rings. The third kappa shape index (κ3) is 4.07. The molecule has 1 fully saturated rings. The number of benzene rings is 2. The SMILES string of the molecule is Cc1cc(N)c(NC(=O)c2cccc(Cl)c2)cc1N1CCCC(C)C1. The lowest BCUT2D eigenvalue weighted by molar-refractivity contribution is 0.102. The lowest BCUT2D eigenvalue weighted by Gasteiger charge is -2.34. The van der Waals surface area contributed by atoms with Crippen molar-refractivity contribution in [3.8, 4) is 0 Å². The van der Waals surface area contributed by atoms with Crippen molar-refractivity contribution in [1.82, 2.24) is 0 Å². The highest BCUT2D eigenvalue weighted by Gasteiger charge is 2.19. The van der Waals surface area contributed by atoms with Gasteiger partial charge in [-0.05, 0) is 61.6 Å². The molecule has 0 bridgehead atoms. The van der Waals surface area contributed by atoms with E-state index in [2.05, 4.69) is 24.1 Å². The zero-order valence-electron chi connectivity index (χ0n) is 14.7. The first-order valence-electron chi connectivity index (χ1n) is 8.66. The van der Waals surface area contributed by atoms with Gasteiger partial charge in [0.25, 0.3) is 5.91 Å². The topological polar surface area (TPSA) is 58.4 Å². The van der Waals surface area contributed by atoms with Crippen LogP contribution in [0.5, 0.6) is 0 Å². The molecule has 3 N–H and O–H groups in total. The number of carbonyl (C=O) groups excluding carboxylic acids is 1. The summed E-state index contributed by atoms with van der Waals surface area (Å²) in [4.78, 5) is 14.9. The Morgan fingerprint density at radius 3 is 2.84 bits per heavy atom. The lowest BCUT2D eigenvalue weighted by atomic mass is 9.98. The summed E-state index contributed by atoms with van der Waals surface area (Å²) in [6.07, 6.45) is 2.46. The average Bonchev–Trinajstić information content (AvgIpc) is 2.57. The third-order valence-electron chi connectivity index (χ3n) is 4.70. The molecule has 1 heterocycles. The molecule has 1 amide bonds. The van der Waals surface area contributed by atoms with Crippen LogP contribution in [-0.4, -0.2) is 19.0 Å². The molecule has 1 atom stereocenters. The van der Waals surface area contributed by atoms with E-state index in [0.29, 0.717) is 27.9 Å². The smallest absolute Gasteiger partial charge is 0.255 e. The minimum atomic E-state index is -0.212. The maximum absolute atomic E-state index is 12.5. The van der Waals surface area contributed by atoms with Gasteiger partial charge in [0, 0.05) is 29.4 Å². The second kappa shape index (κ2) is 7.36. The van der Waals surface area contributed by atoms with Crippen LogP contribution >= 0.6 is 11.6 Å². The van der Waals surface area contributed by atoms with Crippen molar-refractivity contribution >= 4 is 34.6 Å². The molecule has 3 rings (SSSR count). The molecule has 0 radical (unpaired) electrons. The monoisotopic (exact) mass is 357 g/mol. The van der Waals surface area contributed by atoms with Gasteiger partial charge in [-0.3, -0.25) is 4.79 Å². The van der Waals surface area contributed by atoms with E-state index in [4.69, 9.17) is 17.3 Å². The van der Waals surface area contributed by atoms with E-state index in [1.807, 2.05) is 12.1 Å². The number of aryl methyl sites for hydroxylation is 1. The van der Waals surface area contributed by atoms with E-state index in [-0.39, 0.29) is 5.91 Å². The van der Waals surface area contributed by atoms with Gasteiger partial charge in [-0.1, -0.05) is 24.6 Å². The van der Waals surface area contributed by atoms with Crippen molar-refractivity contribution in [1.29, 1.82) is 0 Å². The first kappa shape index (κ1) is 17.6. The predicted octanol–water partition coefficient (Wildman–Crippen LogP) is 4.72. The molecule has 1 aliphatic heterocycles. The van der Waals surface area contributed by atoms with Crippen LogP contribution in [-0.2, 0) is 0 Å². The second-order valence-corrected chi connectivity index (χ2v) is 7.32. The lowest BCUT2D eigenvalue weighted by Crippen LogP contribution is -2.34. The summed E-state index contributed by atoms with van der Waals surface area (Å²) in [5.41, 5.74) is 10.1. The van der Waals surface area contributed by atoms with Crippen LogP contribution < -0.4 is 16.0 Å². The zero-order chi connectivity index (χ0) is 18.0. The predicted molar refractivity (Wildman–Crippen MR) is 106 cm³/mol. The standard InChI is InChI=1S/C20H24ClN3O/c1-13-5-4-8-24(12-13)19-11-18(17(22)9-14(19)2)23-20(25)15-6-3-7-16(21)10-15/h3,6-7,9-11,13H,4-5,8,12,22H2,1-2H3,(H,23,25). The number of nitrogens with two attached hydrogens (primary N) is 1. The summed E-state index contributed by atoms with van der Waals surface area (Å²) >= 11 is 5.97. The maximum atomic E-state index is 12.5. The molecule has 5 heteroatoms. The highest BCUT2D eigenvalue weighted by Crippen LogP contribution is 2.32. The summed E-state index contributed by atoms with van der Waals surface area (Å²) in [6.45, 7) is 6.41. The largest absolute Gasteiger partial charge is 0.397 e. The Morgan fingerprint density at radius 2 is 2.12 bits per heavy atom. The number of nitrogens with zero attached hydrogens (tertiary/aromatic N) is 1. The van der Waals surface area contributed by atoms with Crippen LogP contribution in [0.25, 0.3) is 0 Å². The quantitative estimate of drug-likeness (QED) is 0.781. The van der Waals surface area contributed by atoms with Crippen LogP contribution in [0.4, 0.5) is 17.1 Å².